The van der Waals surface area contributed by atoms with Crippen LogP contribution in [0.5, 0.6) is 0 Å². The summed E-state index contributed by atoms with van der Waals surface area (Å²) in [6.07, 6.45) is 2.26. The molecule has 0 aliphatic heterocycles. The second kappa shape index (κ2) is 4.56. The van der Waals surface area contributed by atoms with Gasteiger partial charge in [-0.05, 0) is 30.4 Å². The molecule has 0 unspecified atom stereocenters. The second-order valence-corrected chi connectivity index (χ2v) is 6.32. The monoisotopic (exact) mass is 279 g/mol. The van der Waals surface area contributed by atoms with Crippen LogP contribution < -0.4 is 5.32 Å². The van der Waals surface area contributed by atoms with Gasteiger partial charge in [-0.2, -0.15) is 0 Å². The van der Waals surface area contributed by atoms with E-state index in [1.165, 1.54) is 11.3 Å². The predicted octanol–water partition coefficient (Wildman–Crippen LogP) is 3.65. The zero-order chi connectivity index (χ0) is 12.6. The minimum Gasteiger partial charge on any atom is -0.351 e. The van der Waals surface area contributed by atoms with Gasteiger partial charge in [-0.3, -0.25) is 4.79 Å². The maximum absolute atomic E-state index is 12.1. The number of rotatable bonds is 4. The number of carbonyl (C=O) groups is 1. The van der Waals surface area contributed by atoms with Gasteiger partial charge < -0.3 is 5.32 Å². The van der Waals surface area contributed by atoms with Crippen LogP contribution >= 0.6 is 22.9 Å². The van der Waals surface area contributed by atoms with Crippen molar-refractivity contribution >= 4 is 38.9 Å². The highest BCUT2D eigenvalue weighted by Gasteiger charge is 2.41. The molecule has 0 spiro atoms. The number of benzene rings is 1. The molecule has 1 fully saturated rings. The van der Waals surface area contributed by atoms with Gasteiger partial charge in [0.1, 0.15) is 0 Å². The molecular formula is C14H14ClNOS. The summed E-state index contributed by atoms with van der Waals surface area (Å²) >= 11 is 7.44. The Labute approximate surface area is 115 Å². The smallest absolute Gasteiger partial charge is 0.261 e. The zero-order valence-electron chi connectivity index (χ0n) is 9.91. The molecule has 1 aliphatic carbocycles. The second-order valence-electron chi connectivity index (χ2n) is 4.96. The molecule has 18 heavy (non-hydrogen) atoms. The SMILES string of the molecule is O=C(NCC1(CCl)CC1)c1cc2ccccc2s1. The maximum atomic E-state index is 12.1. The molecular weight excluding hydrogens is 266 g/mol. The van der Waals surface area contributed by atoms with Gasteiger partial charge in [0.15, 0.2) is 0 Å². The van der Waals surface area contributed by atoms with Crippen LogP contribution in [0.15, 0.2) is 30.3 Å². The predicted molar refractivity (Wildman–Crippen MR) is 76.5 cm³/mol. The first-order valence-corrected chi connectivity index (χ1v) is 7.40. The van der Waals surface area contributed by atoms with Gasteiger partial charge in [0.05, 0.1) is 4.88 Å². The van der Waals surface area contributed by atoms with Crippen LogP contribution in [-0.2, 0) is 0 Å². The van der Waals surface area contributed by atoms with E-state index < -0.39 is 0 Å². The molecule has 3 rings (SSSR count). The summed E-state index contributed by atoms with van der Waals surface area (Å²) < 4.78 is 1.15. The lowest BCUT2D eigenvalue weighted by Gasteiger charge is -2.11. The van der Waals surface area contributed by atoms with Crippen molar-refractivity contribution < 1.29 is 4.79 Å². The maximum Gasteiger partial charge on any atom is 0.261 e. The molecule has 4 heteroatoms. The normalized spacial score (nSPS) is 16.7. The van der Waals surface area contributed by atoms with Crippen molar-refractivity contribution in [1.82, 2.24) is 5.32 Å². The summed E-state index contributed by atoms with van der Waals surface area (Å²) in [5, 5.41) is 4.13. The number of hydrogen-bond acceptors (Lipinski definition) is 2. The fourth-order valence-corrected chi connectivity index (χ4v) is 3.32. The third kappa shape index (κ3) is 2.25. The fourth-order valence-electron chi connectivity index (χ4n) is 1.98. The topological polar surface area (TPSA) is 29.1 Å². The molecule has 1 N–H and O–H groups in total. The van der Waals surface area contributed by atoms with Crippen molar-refractivity contribution in [3.05, 3.63) is 35.2 Å². The number of amides is 1. The molecule has 1 amide bonds. The van der Waals surface area contributed by atoms with Gasteiger partial charge in [-0.15, -0.1) is 22.9 Å². The highest BCUT2D eigenvalue weighted by molar-refractivity contribution is 7.20. The van der Waals surface area contributed by atoms with Crippen LogP contribution in [0.25, 0.3) is 10.1 Å². The highest BCUT2D eigenvalue weighted by Crippen LogP contribution is 2.45. The summed E-state index contributed by atoms with van der Waals surface area (Å²) in [6.45, 7) is 0.698. The average molecular weight is 280 g/mol. The Hall–Kier alpha value is -1.06. The lowest BCUT2D eigenvalue weighted by Crippen LogP contribution is -2.30. The Balaban J connectivity index is 1.72. The van der Waals surface area contributed by atoms with E-state index in [9.17, 15) is 4.79 Å². The number of thiophene rings is 1. The molecule has 0 atom stereocenters. The van der Waals surface area contributed by atoms with E-state index in [0.717, 1.165) is 27.8 Å². The standard InChI is InChI=1S/C14H14ClNOS/c15-8-14(5-6-14)9-16-13(17)12-7-10-3-1-2-4-11(10)18-12/h1-4,7H,5-6,8-9H2,(H,16,17). The summed E-state index contributed by atoms with van der Waals surface area (Å²) in [5.74, 6) is 0.660. The number of fused-ring (bicyclic) bond motifs is 1. The number of alkyl halides is 1. The average Bonchev–Trinajstić information content (AvgIpc) is 3.05. The Morgan fingerprint density at radius 3 is 2.83 bits per heavy atom. The van der Waals surface area contributed by atoms with Gasteiger partial charge in [-0.1, -0.05) is 18.2 Å². The van der Waals surface area contributed by atoms with E-state index in [4.69, 9.17) is 11.6 Å². The quantitative estimate of drug-likeness (QED) is 0.851. The van der Waals surface area contributed by atoms with Crippen LogP contribution in [0.2, 0.25) is 0 Å². The summed E-state index contributed by atoms with van der Waals surface area (Å²) in [4.78, 5) is 12.8. The third-order valence-electron chi connectivity index (χ3n) is 3.51. The van der Waals surface area contributed by atoms with Crippen LogP contribution in [0, 0.1) is 5.41 Å². The van der Waals surface area contributed by atoms with E-state index in [1.54, 1.807) is 0 Å². The Bertz CT molecular complexity index is 555. The fraction of sp³-hybridized carbons (Fsp3) is 0.357. The number of nitrogens with one attached hydrogen (secondary N) is 1. The molecule has 1 aromatic heterocycles. The molecule has 1 aromatic carbocycles. The molecule has 1 saturated carbocycles. The Kier molecular flexibility index (Phi) is 3.04. The van der Waals surface area contributed by atoms with E-state index in [-0.39, 0.29) is 11.3 Å². The summed E-state index contributed by atoms with van der Waals surface area (Å²) in [5.41, 5.74) is 0.175. The highest BCUT2D eigenvalue weighted by atomic mass is 35.5. The lowest BCUT2D eigenvalue weighted by atomic mass is 10.1. The minimum atomic E-state index is 0.0209. The number of halogens is 1. The first-order valence-electron chi connectivity index (χ1n) is 6.05. The first kappa shape index (κ1) is 12.0. The van der Waals surface area contributed by atoms with Gasteiger partial charge in [0, 0.05) is 22.5 Å². The van der Waals surface area contributed by atoms with Crippen molar-refractivity contribution in [2.45, 2.75) is 12.8 Å². The first-order chi connectivity index (χ1) is 8.72. The minimum absolute atomic E-state index is 0.0209. The van der Waals surface area contributed by atoms with E-state index >= 15 is 0 Å². The van der Waals surface area contributed by atoms with E-state index in [2.05, 4.69) is 5.32 Å². The van der Waals surface area contributed by atoms with Crippen molar-refractivity contribution in [2.75, 3.05) is 12.4 Å². The molecule has 1 heterocycles. The van der Waals surface area contributed by atoms with Crippen molar-refractivity contribution in [2.24, 2.45) is 5.41 Å². The number of hydrogen-bond donors (Lipinski definition) is 1. The summed E-state index contributed by atoms with van der Waals surface area (Å²) in [6, 6.07) is 10.0. The van der Waals surface area contributed by atoms with Gasteiger partial charge in [0.2, 0.25) is 0 Å². The molecule has 0 radical (unpaired) electrons. The zero-order valence-corrected chi connectivity index (χ0v) is 11.5. The van der Waals surface area contributed by atoms with Crippen LogP contribution in [0.3, 0.4) is 0 Å². The molecule has 2 aromatic rings. The Morgan fingerprint density at radius 2 is 2.17 bits per heavy atom. The largest absolute Gasteiger partial charge is 0.351 e. The van der Waals surface area contributed by atoms with E-state index in [0.29, 0.717) is 12.4 Å². The molecule has 0 bridgehead atoms. The van der Waals surface area contributed by atoms with Crippen molar-refractivity contribution in [1.29, 1.82) is 0 Å². The van der Waals surface area contributed by atoms with Crippen molar-refractivity contribution in [3.63, 3.8) is 0 Å². The van der Waals surface area contributed by atoms with Crippen LogP contribution in [0.4, 0.5) is 0 Å². The molecule has 0 saturated heterocycles. The third-order valence-corrected chi connectivity index (χ3v) is 5.20. The number of carbonyl (C=O) groups excluding carboxylic acids is 1. The van der Waals surface area contributed by atoms with Gasteiger partial charge in [-0.25, -0.2) is 0 Å². The Morgan fingerprint density at radius 1 is 1.39 bits per heavy atom. The van der Waals surface area contributed by atoms with Crippen LogP contribution in [-0.4, -0.2) is 18.3 Å². The van der Waals surface area contributed by atoms with Crippen LogP contribution in [0.1, 0.15) is 22.5 Å². The lowest BCUT2D eigenvalue weighted by molar-refractivity contribution is 0.0950. The van der Waals surface area contributed by atoms with E-state index in [1.807, 2.05) is 30.3 Å². The summed E-state index contributed by atoms with van der Waals surface area (Å²) in [7, 11) is 0. The molecule has 94 valence electrons. The molecule has 2 nitrogen and oxygen atoms in total. The van der Waals surface area contributed by atoms with Crippen molar-refractivity contribution in [3.8, 4) is 0 Å². The van der Waals surface area contributed by atoms with Gasteiger partial charge >= 0.3 is 0 Å². The van der Waals surface area contributed by atoms with Gasteiger partial charge in [0.25, 0.3) is 5.91 Å². The molecule has 1 aliphatic rings.